The largest absolute Gasteiger partial charge is 0.390 e. The van der Waals surface area contributed by atoms with Crippen LogP contribution < -0.4 is 5.32 Å². The molecule has 1 heterocycles. The Morgan fingerprint density at radius 3 is 2.20 bits per heavy atom. The summed E-state index contributed by atoms with van der Waals surface area (Å²) in [7, 11) is 0. The molecule has 0 saturated carbocycles. The van der Waals surface area contributed by atoms with Crippen molar-refractivity contribution in [2.45, 2.75) is 71.0 Å². The van der Waals surface area contributed by atoms with Gasteiger partial charge in [0.15, 0.2) is 0 Å². The van der Waals surface area contributed by atoms with E-state index >= 15 is 0 Å². The van der Waals surface area contributed by atoms with Gasteiger partial charge in [-0.25, -0.2) is 0 Å². The van der Waals surface area contributed by atoms with E-state index in [9.17, 15) is 25.2 Å². The summed E-state index contributed by atoms with van der Waals surface area (Å²) in [6.45, 7) is 7.62. The van der Waals surface area contributed by atoms with Crippen LogP contribution in [-0.2, 0) is 4.79 Å². The van der Waals surface area contributed by atoms with Crippen molar-refractivity contribution in [1.29, 1.82) is 0 Å². The molecule has 0 fully saturated rings. The second kappa shape index (κ2) is 16.8. The summed E-state index contributed by atoms with van der Waals surface area (Å²) < 4.78 is 0. The highest BCUT2D eigenvalue weighted by molar-refractivity contribution is 5.87. The molecule has 0 spiro atoms. The molecule has 6 nitrogen and oxygen atoms in total. The van der Waals surface area contributed by atoms with Gasteiger partial charge in [0.25, 0.3) is 0 Å². The Balaban J connectivity index is 3.00. The molecule has 192 valence electrons. The van der Waals surface area contributed by atoms with E-state index in [1.54, 1.807) is 49.5 Å². The molecule has 1 amide bonds. The minimum atomic E-state index is -1.41. The monoisotopic (exact) mass is 483 g/mol. The van der Waals surface area contributed by atoms with Gasteiger partial charge in [-0.15, -0.1) is 0 Å². The number of amides is 1. The van der Waals surface area contributed by atoms with Gasteiger partial charge in [0.1, 0.15) is 6.10 Å². The third kappa shape index (κ3) is 13.6. The van der Waals surface area contributed by atoms with Crippen molar-refractivity contribution in [3.8, 4) is 0 Å². The maximum atomic E-state index is 12.0. The Morgan fingerprint density at radius 2 is 1.46 bits per heavy atom. The summed E-state index contributed by atoms with van der Waals surface area (Å²) in [5.74, 6) is -0.623. The Labute approximate surface area is 209 Å². The Morgan fingerprint density at radius 1 is 0.800 bits per heavy atom. The average molecular weight is 484 g/mol. The van der Waals surface area contributed by atoms with E-state index in [0.29, 0.717) is 6.42 Å². The molecule has 0 aromatic rings. The molecule has 0 aliphatic carbocycles. The van der Waals surface area contributed by atoms with E-state index in [-0.39, 0.29) is 18.4 Å². The molecule has 6 atom stereocenters. The third-order valence-electron chi connectivity index (χ3n) is 5.39. The summed E-state index contributed by atoms with van der Waals surface area (Å²) in [6, 6.07) is -0.00833. The predicted octanol–water partition coefficient (Wildman–Crippen LogP) is 3.59. The lowest BCUT2D eigenvalue weighted by Gasteiger charge is -2.26. The van der Waals surface area contributed by atoms with Crippen molar-refractivity contribution in [3.63, 3.8) is 0 Å². The standard InChI is InChI=1S/C29H41NO5/c1-21-13-9-11-16-24(4)30-27(33)18-8-6-5-7-15-23(3)28(34)29(35)26(32)20-25(31)17-12-10-14-22(2)19-21/h5-15,17-19,23-26,28-29,31-32,34-35H,16,20H2,1-4H3,(H,30,33)/b6-5-,11-9-,14-10-,15-7-,17-12-,18-8-,21-13-,22-19-/t23-,24-,25-,26-,28+,29+/m0/s1. The number of carbonyl (C=O) groups is 1. The molecule has 35 heavy (non-hydrogen) atoms. The maximum absolute atomic E-state index is 12.0. The molecule has 0 aromatic heterocycles. The summed E-state index contributed by atoms with van der Waals surface area (Å²) in [5.41, 5.74) is 2.09. The number of hydrogen-bond acceptors (Lipinski definition) is 5. The number of aliphatic hydroxyl groups excluding tert-OH is 4. The second-order valence-corrected chi connectivity index (χ2v) is 8.96. The van der Waals surface area contributed by atoms with E-state index in [0.717, 1.165) is 11.1 Å². The molecular formula is C29H41NO5. The highest BCUT2D eigenvalue weighted by Crippen LogP contribution is 2.15. The molecule has 0 radical (unpaired) electrons. The number of hydrogen-bond donors (Lipinski definition) is 5. The van der Waals surface area contributed by atoms with Crippen molar-refractivity contribution in [3.05, 3.63) is 96.2 Å². The smallest absolute Gasteiger partial charge is 0.244 e. The first-order valence-electron chi connectivity index (χ1n) is 12.0. The van der Waals surface area contributed by atoms with Crippen LogP contribution in [0.25, 0.3) is 0 Å². The summed E-state index contributed by atoms with van der Waals surface area (Å²) in [4.78, 5) is 12.0. The van der Waals surface area contributed by atoms with Crippen molar-refractivity contribution in [2.24, 2.45) is 5.92 Å². The van der Waals surface area contributed by atoms with Crippen LogP contribution in [0, 0.1) is 5.92 Å². The van der Waals surface area contributed by atoms with E-state index < -0.39 is 30.3 Å². The topological polar surface area (TPSA) is 110 Å². The molecule has 5 N–H and O–H groups in total. The van der Waals surface area contributed by atoms with E-state index in [1.165, 1.54) is 12.2 Å². The van der Waals surface area contributed by atoms with Gasteiger partial charge >= 0.3 is 0 Å². The maximum Gasteiger partial charge on any atom is 0.244 e. The van der Waals surface area contributed by atoms with Crippen LogP contribution >= 0.6 is 0 Å². The SMILES string of the molecule is CC1=C/C=C\C[C@H](C)NC(=O)\C=C/C=C\C=C/[C@H](C)[C@@H](O)[C@H](O)[C@@H](O)C[C@@H](O)/C=C\C=C/C(C)=C\1. The Kier molecular flexibility index (Phi) is 14.5. The first-order valence-corrected chi connectivity index (χ1v) is 12.0. The van der Waals surface area contributed by atoms with Crippen molar-refractivity contribution in [2.75, 3.05) is 0 Å². The van der Waals surface area contributed by atoms with Crippen LogP contribution in [0.3, 0.4) is 0 Å². The van der Waals surface area contributed by atoms with Crippen LogP contribution in [0.4, 0.5) is 0 Å². The predicted molar refractivity (Wildman–Crippen MR) is 142 cm³/mol. The van der Waals surface area contributed by atoms with Gasteiger partial charge in [0.2, 0.25) is 5.91 Å². The summed E-state index contributed by atoms with van der Waals surface area (Å²) >= 11 is 0. The molecule has 0 unspecified atom stereocenters. The molecule has 0 bridgehead atoms. The van der Waals surface area contributed by atoms with Crippen molar-refractivity contribution < 1.29 is 25.2 Å². The van der Waals surface area contributed by atoms with E-state index in [1.807, 2.05) is 51.2 Å². The number of nitrogens with one attached hydrogen (secondary N) is 1. The Hall–Kier alpha value is -2.77. The molecule has 1 rings (SSSR count). The fourth-order valence-electron chi connectivity index (χ4n) is 3.34. The van der Waals surface area contributed by atoms with Crippen LogP contribution in [0.2, 0.25) is 0 Å². The number of rotatable bonds is 0. The van der Waals surface area contributed by atoms with Crippen LogP contribution in [0.15, 0.2) is 96.2 Å². The first kappa shape index (κ1) is 30.3. The lowest BCUT2D eigenvalue weighted by atomic mass is 9.93. The molecule has 0 saturated heterocycles. The zero-order chi connectivity index (χ0) is 26.2. The van der Waals surface area contributed by atoms with Gasteiger partial charge < -0.3 is 25.7 Å². The van der Waals surface area contributed by atoms with Gasteiger partial charge in [0.05, 0.1) is 18.3 Å². The minimum Gasteiger partial charge on any atom is -0.390 e. The number of carbonyl (C=O) groups excluding carboxylic acids is 1. The first-order chi connectivity index (χ1) is 16.6. The van der Waals surface area contributed by atoms with E-state index in [2.05, 4.69) is 5.32 Å². The van der Waals surface area contributed by atoms with Gasteiger partial charge in [-0.3, -0.25) is 4.79 Å². The summed E-state index contributed by atoms with van der Waals surface area (Å²) in [6.07, 6.45) is 20.5. The summed E-state index contributed by atoms with van der Waals surface area (Å²) in [5, 5.41) is 43.9. The van der Waals surface area contributed by atoms with Crippen molar-refractivity contribution in [1.82, 2.24) is 5.32 Å². The minimum absolute atomic E-state index is 0.00833. The zero-order valence-electron chi connectivity index (χ0n) is 21.2. The quantitative estimate of drug-likeness (QED) is 0.362. The highest BCUT2D eigenvalue weighted by Gasteiger charge is 2.28. The number of aliphatic hydroxyl groups is 4. The molecular weight excluding hydrogens is 442 g/mol. The fourth-order valence-corrected chi connectivity index (χ4v) is 3.34. The average Bonchev–Trinajstić information content (AvgIpc) is 2.79. The number of allylic oxidation sites excluding steroid dienone is 12. The van der Waals surface area contributed by atoms with E-state index in [4.69, 9.17) is 0 Å². The van der Waals surface area contributed by atoms with Crippen LogP contribution in [0.5, 0.6) is 0 Å². The molecule has 1 aliphatic rings. The van der Waals surface area contributed by atoms with Gasteiger partial charge in [-0.1, -0.05) is 97.1 Å². The Bertz CT molecular complexity index is 891. The van der Waals surface area contributed by atoms with Gasteiger partial charge in [-0.05, 0) is 27.2 Å². The fraction of sp³-hybridized carbons (Fsp3) is 0.414. The lowest BCUT2D eigenvalue weighted by molar-refractivity contribution is -0.117. The zero-order valence-corrected chi connectivity index (χ0v) is 21.2. The van der Waals surface area contributed by atoms with Crippen molar-refractivity contribution >= 4 is 5.91 Å². The highest BCUT2D eigenvalue weighted by atomic mass is 16.4. The second-order valence-electron chi connectivity index (χ2n) is 8.96. The molecule has 0 aromatic carbocycles. The molecule has 1 aliphatic heterocycles. The van der Waals surface area contributed by atoms with Gasteiger partial charge in [0, 0.05) is 24.5 Å². The normalized spacial score (nSPS) is 39.0. The third-order valence-corrected chi connectivity index (χ3v) is 5.39. The lowest BCUT2D eigenvalue weighted by Crippen LogP contribution is -2.41. The molecule has 6 heteroatoms. The van der Waals surface area contributed by atoms with Gasteiger partial charge in [-0.2, -0.15) is 0 Å². The van der Waals surface area contributed by atoms with Crippen LogP contribution in [0.1, 0.15) is 40.5 Å². The van der Waals surface area contributed by atoms with Crippen LogP contribution in [-0.4, -0.2) is 56.8 Å².